The summed E-state index contributed by atoms with van der Waals surface area (Å²) in [6.45, 7) is 3.26. The van der Waals surface area contributed by atoms with Crippen LogP contribution in [0.5, 0.6) is 0 Å². The van der Waals surface area contributed by atoms with Crippen LogP contribution in [-0.4, -0.2) is 30.7 Å². The van der Waals surface area contributed by atoms with Crippen molar-refractivity contribution in [3.63, 3.8) is 0 Å². The third-order valence-electron chi connectivity index (χ3n) is 4.01. The van der Waals surface area contributed by atoms with Crippen LogP contribution in [0.4, 0.5) is 0 Å². The fourth-order valence-electron chi connectivity index (χ4n) is 2.42. The Labute approximate surface area is 156 Å². The number of rotatable bonds is 6. The highest BCUT2D eigenvalue weighted by Crippen LogP contribution is 2.27. The molecule has 1 aromatic heterocycles. The van der Waals surface area contributed by atoms with Crippen molar-refractivity contribution >= 4 is 16.0 Å². The molecule has 0 fully saturated rings. The number of benzene rings is 2. The van der Waals surface area contributed by atoms with Gasteiger partial charge in [0.25, 0.3) is 0 Å². The zero-order valence-electron chi connectivity index (χ0n) is 14.7. The second-order valence-electron chi connectivity index (χ2n) is 6.15. The minimum Gasteiger partial charge on any atom is -0.480 e. The average molecular weight is 386 g/mol. The summed E-state index contributed by atoms with van der Waals surface area (Å²) in [6.07, 6.45) is 0. The van der Waals surface area contributed by atoms with Gasteiger partial charge >= 0.3 is 5.97 Å². The number of nitrogens with zero attached hydrogens (tertiary/aromatic N) is 1. The van der Waals surface area contributed by atoms with E-state index in [0.29, 0.717) is 17.0 Å². The fourth-order valence-corrected chi connectivity index (χ4v) is 3.62. The summed E-state index contributed by atoms with van der Waals surface area (Å²) in [4.78, 5) is 10.8. The number of aryl methyl sites for hydroxylation is 1. The summed E-state index contributed by atoms with van der Waals surface area (Å²) in [5.41, 5.74) is 3.29. The Morgan fingerprint density at radius 3 is 2.26 bits per heavy atom. The van der Waals surface area contributed by atoms with Gasteiger partial charge in [0.2, 0.25) is 10.0 Å². The Morgan fingerprint density at radius 1 is 1.07 bits per heavy atom. The molecule has 1 atom stereocenters. The average Bonchev–Trinajstić information content (AvgIpc) is 3.12. The molecule has 0 aliphatic heterocycles. The van der Waals surface area contributed by atoms with E-state index in [4.69, 9.17) is 9.63 Å². The van der Waals surface area contributed by atoms with E-state index in [2.05, 4.69) is 9.88 Å². The van der Waals surface area contributed by atoms with Gasteiger partial charge in [0.15, 0.2) is 5.76 Å². The number of aliphatic carboxylic acids is 1. The van der Waals surface area contributed by atoms with E-state index < -0.39 is 22.0 Å². The smallest absolute Gasteiger partial charge is 0.321 e. The normalized spacial score (nSPS) is 12.7. The molecule has 0 bridgehead atoms. The van der Waals surface area contributed by atoms with E-state index in [1.54, 1.807) is 18.2 Å². The first-order valence-corrected chi connectivity index (χ1v) is 9.64. The molecule has 0 amide bonds. The highest BCUT2D eigenvalue weighted by atomic mass is 32.2. The van der Waals surface area contributed by atoms with E-state index in [0.717, 1.165) is 11.1 Å². The predicted molar refractivity (Wildman–Crippen MR) is 99.5 cm³/mol. The van der Waals surface area contributed by atoms with Crippen molar-refractivity contribution in [1.29, 1.82) is 0 Å². The molecule has 2 aromatic carbocycles. The van der Waals surface area contributed by atoms with Crippen LogP contribution in [0.3, 0.4) is 0 Å². The molecule has 0 spiro atoms. The van der Waals surface area contributed by atoms with Gasteiger partial charge in [-0.05, 0) is 26.0 Å². The van der Waals surface area contributed by atoms with Gasteiger partial charge in [-0.25, -0.2) is 8.42 Å². The lowest BCUT2D eigenvalue weighted by Gasteiger charge is -2.10. The molecule has 7 nitrogen and oxygen atoms in total. The number of hydrogen-bond donors (Lipinski definition) is 2. The number of hydrogen-bond acceptors (Lipinski definition) is 5. The Hall–Kier alpha value is -2.97. The standard InChI is InChI=1S/C19H18N2O5S/c1-12-3-5-15(6-4-12)18-11-17(20-26-18)14-7-9-16(10-8-14)27(24,25)21-13(2)19(22)23/h3-11,13,21H,1-2H3,(H,22,23)/t13-/m1/s1. The van der Waals surface area contributed by atoms with Crippen molar-refractivity contribution in [2.45, 2.75) is 24.8 Å². The largest absolute Gasteiger partial charge is 0.480 e. The molecular formula is C19H18N2O5S. The second-order valence-corrected chi connectivity index (χ2v) is 7.86. The lowest BCUT2D eigenvalue weighted by Crippen LogP contribution is -2.38. The van der Waals surface area contributed by atoms with E-state index in [-0.39, 0.29) is 4.90 Å². The van der Waals surface area contributed by atoms with Crippen LogP contribution in [0.15, 0.2) is 64.0 Å². The molecular weight excluding hydrogens is 368 g/mol. The Balaban J connectivity index is 1.82. The summed E-state index contributed by atoms with van der Waals surface area (Å²) in [7, 11) is -3.92. The highest BCUT2D eigenvalue weighted by molar-refractivity contribution is 7.89. The molecule has 0 aliphatic carbocycles. The summed E-state index contributed by atoms with van der Waals surface area (Å²) in [5, 5.41) is 12.9. The molecule has 0 radical (unpaired) electrons. The van der Waals surface area contributed by atoms with Gasteiger partial charge in [0.05, 0.1) is 4.90 Å². The van der Waals surface area contributed by atoms with Gasteiger partial charge in [-0.15, -0.1) is 0 Å². The fraction of sp³-hybridized carbons (Fsp3) is 0.158. The van der Waals surface area contributed by atoms with Crippen LogP contribution < -0.4 is 4.72 Å². The number of nitrogens with one attached hydrogen (secondary N) is 1. The van der Waals surface area contributed by atoms with Gasteiger partial charge in [-0.3, -0.25) is 4.79 Å². The van der Waals surface area contributed by atoms with Crippen molar-refractivity contribution in [2.24, 2.45) is 0 Å². The molecule has 1 heterocycles. The first-order chi connectivity index (χ1) is 12.8. The predicted octanol–water partition coefficient (Wildman–Crippen LogP) is 3.07. The van der Waals surface area contributed by atoms with Gasteiger partial charge in [-0.1, -0.05) is 47.1 Å². The number of carboxylic acids is 1. The first-order valence-electron chi connectivity index (χ1n) is 8.15. The van der Waals surface area contributed by atoms with Crippen molar-refractivity contribution in [3.05, 3.63) is 60.2 Å². The maximum atomic E-state index is 12.2. The van der Waals surface area contributed by atoms with Crippen LogP contribution in [0.1, 0.15) is 12.5 Å². The van der Waals surface area contributed by atoms with E-state index in [1.165, 1.54) is 19.1 Å². The zero-order chi connectivity index (χ0) is 19.6. The molecule has 0 saturated carbocycles. The molecule has 2 N–H and O–H groups in total. The van der Waals surface area contributed by atoms with Crippen LogP contribution in [0.2, 0.25) is 0 Å². The molecule has 3 aromatic rings. The van der Waals surface area contributed by atoms with Gasteiger partial charge in [0, 0.05) is 17.2 Å². The number of carboxylic acid groups (broad SMARTS) is 1. The van der Waals surface area contributed by atoms with Crippen molar-refractivity contribution < 1.29 is 22.8 Å². The summed E-state index contributed by atoms with van der Waals surface area (Å²) in [6, 6.07) is 14.4. The molecule has 3 rings (SSSR count). The first kappa shape index (κ1) is 18.8. The topological polar surface area (TPSA) is 110 Å². The molecule has 8 heteroatoms. The van der Waals surface area contributed by atoms with Crippen molar-refractivity contribution in [2.75, 3.05) is 0 Å². The molecule has 140 valence electrons. The van der Waals surface area contributed by atoms with Gasteiger partial charge in [0.1, 0.15) is 11.7 Å². The van der Waals surface area contributed by atoms with Crippen LogP contribution >= 0.6 is 0 Å². The number of sulfonamides is 1. The monoisotopic (exact) mass is 386 g/mol. The quantitative estimate of drug-likeness (QED) is 0.674. The summed E-state index contributed by atoms with van der Waals surface area (Å²) in [5.74, 6) is -0.639. The Morgan fingerprint density at radius 2 is 1.67 bits per heavy atom. The maximum Gasteiger partial charge on any atom is 0.321 e. The Bertz CT molecular complexity index is 1050. The van der Waals surface area contributed by atoms with Crippen molar-refractivity contribution in [3.8, 4) is 22.6 Å². The zero-order valence-corrected chi connectivity index (χ0v) is 15.5. The highest BCUT2D eigenvalue weighted by Gasteiger charge is 2.21. The maximum absolute atomic E-state index is 12.2. The minimum atomic E-state index is -3.92. The molecule has 0 unspecified atom stereocenters. The number of carbonyl (C=O) groups is 1. The summed E-state index contributed by atoms with van der Waals surface area (Å²) < 4.78 is 31.9. The summed E-state index contributed by atoms with van der Waals surface area (Å²) >= 11 is 0. The van der Waals surface area contributed by atoms with Crippen LogP contribution in [0.25, 0.3) is 22.6 Å². The lowest BCUT2D eigenvalue weighted by atomic mass is 10.1. The van der Waals surface area contributed by atoms with Crippen LogP contribution in [0, 0.1) is 6.92 Å². The second kappa shape index (κ2) is 7.34. The van der Waals surface area contributed by atoms with Gasteiger partial charge < -0.3 is 9.63 Å². The van der Waals surface area contributed by atoms with Gasteiger partial charge in [-0.2, -0.15) is 4.72 Å². The number of aromatic nitrogens is 1. The van der Waals surface area contributed by atoms with E-state index in [1.807, 2.05) is 31.2 Å². The third-order valence-corrected chi connectivity index (χ3v) is 5.57. The molecule has 0 aliphatic rings. The van der Waals surface area contributed by atoms with Crippen molar-refractivity contribution in [1.82, 2.24) is 9.88 Å². The Kier molecular flexibility index (Phi) is 5.11. The SMILES string of the molecule is Cc1ccc(-c2cc(-c3ccc(S(=O)(=O)N[C@H](C)C(=O)O)cc3)no2)cc1. The molecule has 0 saturated heterocycles. The van der Waals surface area contributed by atoms with E-state index in [9.17, 15) is 13.2 Å². The van der Waals surface area contributed by atoms with E-state index >= 15 is 0 Å². The molecule has 27 heavy (non-hydrogen) atoms. The minimum absolute atomic E-state index is 0.0263. The van der Waals surface area contributed by atoms with Crippen LogP contribution in [-0.2, 0) is 14.8 Å². The lowest BCUT2D eigenvalue weighted by molar-refractivity contribution is -0.138. The third kappa shape index (κ3) is 4.24.